The van der Waals surface area contributed by atoms with Crippen molar-refractivity contribution in [3.8, 4) is 11.8 Å². The number of thioether (sulfide) groups is 1. The standard InChI is InChI=1S/C23H24O2S/c1-4-25-22(24)16-19-8-6-5-7-18(19)11-9-17-10-12-21-20(15-17)23(2,3)13-14-26-21/h5-8,10,12,15H,4,13-14,16H2,1-3H3. The minimum Gasteiger partial charge on any atom is -0.466 e. The molecule has 0 amide bonds. The Balaban J connectivity index is 1.88. The Hall–Kier alpha value is -2.18. The van der Waals surface area contributed by atoms with Crippen LogP contribution in [0.2, 0.25) is 0 Å². The van der Waals surface area contributed by atoms with Gasteiger partial charge in [-0.3, -0.25) is 4.79 Å². The van der Waals surface area contributed by atoms with Crippen LogP contribution in [0.5, 0.6) is 0 Å². The van der Waals surface area contributed by atoms with E-state index in [9.17, 15) is 4.79 Å². The minimum absolute atomic E-state index is 0.195. The number of benzene rings is 2. The molecule has 0 saturated heterocycles. The molecule has 1 aliphatic heterocycles. The van der Waals surface area contributed by atoms with Gasteiger partial charge >= 0.3 is 5.97 Å². The maximum atomic E-state index is 11.8. The van der Waals surface area contributed by atoms with Gasteiger partial charge in [0.2, 0.25) is 0 Å². The van der Waals surface area contributed by atoms with E-state index in [0.29, 0.717) is 6.61 Å². The van der Waals surface area contributed by atoms with E-state index in [0.717, 1.165) is 16.7 Å². The third kappa shape index (κ3) is 4.31. The van der Waals surface area contributed by atoms with Gasteiger partial charge in [0, 0.05) is 16.0 Å². The van der Waals surface area contributed by atoms with Gasteiger partial charge in [-0.15, -0.1) is 11.8 Å². The molecular formula is C23H24O2S. The number of hydrogen-bond donors (Lipinski definition) is 0. The molecule has 0 aliphatic carbocycles. The number of carbonyl (C=O) groups excluding carboxylic acids is 1. The second-order valence-electron chi connectivity index (χ2n) is 7.08. The number of rotatable bonds is 3. The monoisotopic (exact) mass is 364 g/mol. The third-order valence-electron chi connectivity index (χ3n) is 4.69. The molecule has 134 valence electrons. The molecular weight excluding hydrogens is 340 g/mol. The van der Waals surface area contributed by atoms with Crippen LogP contribution in [-0.4, -0.2) is 18.3 Å². The van der Waals surface area contributed by atoms with E-state index in [1.807, 2.05) is 43.0 Å². The van der Waals surface area contributed by atoms with Crippen molar-refractivity contribution in [3.05, 3.63) is 64.7 Å². The molecule has 0 unspecified atom stereocenters. The van der Waals surface area contributed by atoms with Crippen LogP contribution in [0.1, 0.15) is 49.4 Å². The molecule has 0 bridgehead atoms. The first-order chi connectivity index (χ1) is 12.5. The van der Waals surface area contributed by atoms with Crippen molar-refractivity contribution in [1.29, 1.82) is 0 Å². The van der Waals surface area contributed by atoms with Gasteiger partial charge in [0.05, 0.1) is 13.0 Å². The highest BCUT2D eigenvalue weighted by molar-refractivity contribution is 7.99. The predicted molar refractivity (Wildman–Crippen MR) is 108 cm³/mol. The lowest BCUT2D eigenvalue weighted by molar-refractivity contribution is -0.142. The Morgan fingerprint density at radius 1 is 1.19 bits per heavy atom. The largest absolute Gasteiger partial charge is 0.466 e. The maximum Gasteiger partial charge on any atom is 0.310 e. The summed E-state index contributed by atoms with van der Waals surface area (Å²) in [5.41, 5.74) is 4.39. The van der Waals surface area contributed by atoms with Gasteiger partial charge in [-0.25, -0.2) is 0 Å². The fourth-order valence-corrected chi connectivity index (χ4v) is 4.60. The summed E-state index contributed by atoms with van der Waals surface area (Å²) >= 11 is 1.93. The number of esters is 1. The number of ether oxygens (including phenoxy) is 1. The zero-order valence-electron chi connectivity index (χ0n) is 15.6. The van der Waals surface area contributed by atoms with Crippen molar-refractivity contribution in [2.45, 2.75) is 43.9 Å². The summed E-state index contributed by atoms with van der Waals surface area (Å²) in [7, 11) is 0. The molecule has 0 N–H and O–H groups in total. The Morgan fingerprint density at radius 2 is 2.00 bits per heavy atom. The zero-order valence-corrected chi connectivity index (χ0v) is 16.4. The molecule has 1 aliphatic rings. The second-order valence-corrected chi connectivity index (χ2v) is 8.22. The van der Waals surface area contributed by atoms with Crippen LogP contribution >= 0.6 is 11.8 Å². The molecule has 0 radical (unpaired) electrons. The highest BCUT2D eigenvalue weighted by Crippen LogP contribution is 2.41. The zero-order chi connectivity index (χ0) is 18.6. The van der Waals surface area contributed by atoms with E-state index >= 15 is 0 Å². The van der Waals surface area contributed by atoms with Gasteiger partial charge < -0.3 is 4.74 Å². The Labute approximate surface area is 160 Å². The summed E-state index contributed by atoms with van der Waals surface area (Å²) in [6.07, 6.45) is 1.44. The highest BCUT2D eigenvalue weighted by atomic mass is 32.2. The maximum absolute atomic E-state index is 11.8. The highest BCUT2D eigenvalue weighted by Gasteiger charge is 2.27. The Bertz CT molecular complexity index is 871. The molecule has 2 nitrogen and oxygen atoms in total. The van der Waals surface area contributed by atoms with Crippen molar-refractivity contribution < 1.29 is 9.53 Å². The Morgan fingerprint density at radius 3 is 2.81 bits per heavy atom. The average Bonchev–Trinajstić information content (AvgIpc) is 2.61. The molecule has 1 heterocycles. The van der Waals surface area contributed by atoms with E-state index in [1.54, 1.807) is 0 Å². The van der Waals surface area contributed by atoms with Crippen molar-refractivity contribution >= 4 is 17.7 Å². The van der Waals surface area contributed by atoms with Gasteiger partial charge in [-0.1, -0.05) is 43.9 Å². The van der Waals surface area contributed by atoms with E-state index < -0.39 is 0 Å². The van der Waals surface area contributed by atoms with Crippen LogP contribution in [0.15, 0.2) is 47.4 Å². The van der Waals surface area contributed by atoms with Crippen LogP contribution < -0.4 is 0 Å². The summed E-state index contributed by atoms with van der Waals surface area (Å²) in [4.78, 5) is 13.2. The number of carbonyl (C=O) groups is 1. The molecule has 2 aromatic rings. The fraction of sp³-hybridized carbons (Fsp3) is 0.348. The van der Waals surface area contributed by atoms with Crippen molar-refractivity contribution in [3.63, 3.8) is 0 Å². The molecule has 0 spiro atoms. The van der Waals surface area contributed by atoms with Crippen molar-refractivity contribution in [2.75, 3.05) is 12.4 Å². The SMILES string of the molecule is CCOC(=O)Cc1ccccc1C#Cc1ccc2c(c1)C(C)(C)CCS2. The van der Waals surface area contributed by atoms with E-state index in [-0.39, 0.29) is 17.8 Å². The first kappa shape index (κ1) is 18.6. The van der Waals surface area contributed by atoms with Crippen molar-refractivity contribution in [1.82, 2.24) is 0 Å². The first-order valence-corrected chi connectivity index (χ1v) is 10.0. The lowest BCUT2D eigenvalue weighted by Gasteiger charge is -2.32. The smallest absolute Gasteiger partial charge is 0.310 e. The molecule has 3 rings (SSSR count). The second kappa shape index (κ2) is 8.01. The van der Waals surface area contributed by atoms with Gasteiger partial charge in [0.25, 0.3) is 0 Å². The summed E-state index contributed by atoms with van der Waals surface area (Å²) in [6.45, 7) is 6.82. The first-order valence-electron chi connectivity index (χ1n) is 9.02. The molecule has 0 aromatic heterocycles. The van der Waals surface area contributed by atoms with Crippen LogP contribution in [0, 0.1) is 11.8 Å². The van der Waals surface area contributed by atoms with E-state index in [2.05, 4.69) is 43.9 Å². The molecule has 2 aromatic carbocycles. The lowest BCUT2D eigenvalue weighted by atomic mass is 9.81. The topological polar surface area (TPSA) is 26.3 Å². The van der Waals surface area contributed by atoms with Crippen LogP contribution in [0.3, 0.4) is 0 Å². The summed E-state index contributed by atoms with van der Waals surface area (Å²) in [6, 6.07) is 14.3. The molecule has 26 heavy (non-hydrogen) atoms. The molecule has 0 atom stereocenters. The molecule has 3 heteroatoms. The van der Waals surface area contributed by atoms with Crippen molar-refractivity contribution in [2.24, 2.45) is 0 Å². The number of hydrogen-bond acceptors (Lipinski definition) is 3. The van der Waals surface area contributed by atoms with Crippen LogP contribution in [-0.2, 0) is 21.4 Å². The number of fused-ring (bicyclic) bond motifs is 1. The van der Waals surface area contributed by atoms with Gasteiger partial charge in [0.1, 0.15) is 0 Å². The lowest BCUT2D eigenvalue weighted by Crippen LogP contribution is -2.22. The summed E-state index contributed by atoms with van der Waals surface area (Å²) in [5.74, 6) is 7.49. The van der Waals surface area contributed by atoms with Gasteiger partial charge in [-0.2, -0.15) is 0 Å². The molecule has 0 saturated carbocycles. The van der Waals surface area contributed by atoms with Crippen LogP contribution in [0.25, 0.3) is 0 Å². The summed E-state index contributed by atoms with van der Waals surface area (Å²) < 4.78 is 5.06. The normalized spacial score (nSPS) is 14.7. The van der Waals surface area contributed by atoms with E-state index in [1.165, 1.54) is 22.6 Å². The Kier molecular flexibility index (Phi) is 5.74. The van der Waals surface area contributed by atoms with E-state index in [4.69, 9.17) is 4.74 Å². The average molecular weight is 365 g/mol. The van der Waals surface area contributed by atoms with Crippen LogP contribution in [0.4, 0.5) is 0 Å². The summed E-state index contributed by atoms with van der Waals surface area (Å²) in [5, 5.41) is 0. The van der Waals surface area contributed by atoms with Gasteiger partial charge in [-0.05, 0) is 59.9 Å². The third-order valence-corrected chi connectivity index (χ3v) is 5.77. The molecule has 0 fully saturated rings. The quantitative estimate of drug-likeness (QED) is 0.568. The fourth-order valence-electron chi connectivity index (χ4n) is 3.12. The minimum atomic E-state index is -0.214. The predicted octanol–water partition coefficient (Wildman–Crippen LogP) is 4.97. The van der Waals surface area contributed by atoms with Gasteiger partial charge in [0.15, 0.2) is 0 Å².